The molecule has 0 N–H and O–H groups in total. The van der Waals surface area contributed by atoms with Gasteiger partial charge in [-0.3, -0.25) is 4.79 Å². The minimum absolute atomic E-state index is 0.177. The predicted molar refractivity (Wildman–Crippen MR) is 85.9 cm³/mol. The van der Waals surface area contributed by atoms with Crippen LogP contribution in [0.25, 0.3) is 0 Å². The number of imidazole rings is 1. The first-order valence-corrected chi connectivity index (χ1v) is 8.25. The summed E-state index contributed by atoms with van der Waals surface area (Å²) in [7, 11) is 0. The van der Waals surface area contributed by atoms with Crippen LogP contribution in [0.1, 0.15) is 12.8 Å². The van der Waals surface area contributed by atoms with Crippen molar-refractivity contribution in [2.75, 3.05) is 13.1 Å². The van der Waals surface area contributed by atoms with Crippen molar-refractivity contribution in [1.29, 1.82) is 0 Å². The Morgan fingerprint density at radius 2 is 2.09 bits per heavy atom. The first-order chi connectivity index (χ1) is 11.3. The summed E-state index contributed by atoms with van der Waals surface area (Å²) >= 11 is 0. The molecule has 1 aliphatic heterocycles. The molecule has 2 fully saturated rings. The van der Waals surface area contributed by atoms with Gasteiger partial charge in [0.25, 0.3) is 0 Å². The molecule has 1 aliphatic carbocycles. The Labute approximate surface area is 135 Å². The van der Waals surface area contributed by atoms with Gasteiger partial charge < -0.3 is 14.2 Å². The van der Waals surface area contributed by atoms with Gasteiger partial charge in [0.2, 0.25) is 5.91 Å². The fourth-order valence-corrected chi connectivity index (χ4v) is 3.88. The van der Waals surface area contributed by atoms with Gasteiger partial charge in [0.1, 0.15) is 18.4 Å². The van der Waals surface area contributed by atoms with Crippen molar-refractivity contribution in [3.63, 3.8) is 0 Å². The molecule has 0 unspecified atom stereocenters. The number of hydrogen-bond donors (Lipinski definition) is 0. The Hall–Kier alpha value is -2.30. The lowest BCUT2D eigenvalue weighted by Crippen LogP contribution is -2.34. The second kappa shape index (κ2) is 6.07. The molecular formula is C18H21N3O2. The molecule has 1 aromatic carbocycles. The van der Waals surface area contributed by atoms with Gasteiger partial charge in [0.05, 0.1) is 6.33 Å². The van der Waals surface area contributed by atoms with E-state index >= 15 is 0 Å². The number of rotatable bonds is 4. The fraction of sp³-hybridized carbons (Fsp3) is 0.444. The Balaban J connectivity index is 1.38. The van der Waals surface area contributed by atoms with E-state index in [0.29, 0.717) is 18.4 Å². The Morgan fingerprint density at radius 1 is 1.22 bits per heavy atom. The minimum Gasteiger partial charge on any atom is -0.490 e. The molecule has 1 aromatic heterocycles. The summed E-state index contributed by atoms with van der Waals surface area (Å²) in [5.74, 6) is 2.15. The predicted octanol–water partition coefficient (Wildman–Crippen LogP) is 2.20. The number of nitrogens with zero attached hydrogens (tertiary/aromatic N) is 3. The van der Waals surface area contributed by atoms with Crippen LogP contribution in [0.15, 0.2) is 49.1 Å². The van der Waals surface area contributed by atoms with Crippen molar-refractivity contribution < 1.29 is 9.53 Å². The van der Waals surface area contributed by atoms with Crippen molar-refractivity contribution >= 4 is 5.91 Å². The molecule has 120 valence electrons. The molecule has 23 heavy (non-hydrogen) atoms. The van der Waals surface area contributed by atoms with E-state index in [2.05, 4.69) is 4.98 Å². The van der Waals surface area contributed by atoms with E-state index in [1.165, 1.54) is 0 Å². The zero-order chi connectivity index (χ0) is 15.6. The van der Waals surface area contributed by atoms with Gasteiger partial charge >= 0.3 is 0 Å². The Kier molecular flexibility index (Phi) is 3.77. The van der Waals surface area contributed by atoms with E-state index in [-0.39, 0.29) is 12.0 Å². The maximum absolute atomic E-state index is 12.4. The van der Waals surface area contributed by atoms with Crippen molar-refractivity contribution in [3.8, 4) is 5.75 Å². The number of benzene rings is 1. The molecule has 1 saturated carbocycles. The number of ether oxygens (including phenoxy) is 1. The van der Waals surface area contributed by atoms with E-state index in [1.54, 1.807) is 12.5 Å². The zero-order valence-corrected chi connectivity index (χ0v) is 13.0. The largest absolute Gasteiger partial charge is 0.490 e. The topological polar surface area (TPSA) is 47.4 Å². The van der Waals surface area contributed by atoms with Crippen LogP contribution >= 0.6 is 0 Å². The van der Waals surface area contributed by atoms with Crippen LogP contribution < -0.4 is 4.74 Å². The third kappa shape index (κ3) is 2.96. The molecule has 0 bridgehead atoms. The second-order valence-corrected chi connectivity index (χ2v) is 6.50. The number of carbonyl (C=O) groups excluding carboxylic acids is 1. The number of para-hydroxylation sites is 1. The van der Waals surface area contributed by atoms with Crippen LogP contribution in [0.3, 0.4) is 0 Å². The summed E-state index contributed by atoms with van der Waals surface area (Å²) < 4.78 is 8.00. The van der Waals surface area contributed by atoms with Crippen LogP contribution in [0.4, 0.5) is 0 Å². The average molecular weight is 311 g/mol. The highest BCUT2D eigenvalue weighted by atomic mass is 16.5. The summed E-state index contributed by atoms with van der Waals surface area (Å²) in [5.41, 5.74) is 0. The van der Waals surface area contributed by atoms with Crippen LogP contribution in [0.2, 0.25) is 0 Å². The smallest absolute Gasteiger partial charge is 0.242 e. The number of carbonyl (C=O) groups is 1. The van der Waals surface area contributed by atoms with Gasteiger partial charge in [-0.25, -0.2) is 4.98 Å². The third-order valence-corrected chi connectivity index (χ3v) is 5.05. The normalized spacial score (nSPS) is 26.3. The summed E-state index contributed by atoms with van der Waals surface area (Å²) in [5, 5.41) is 0. The third-order valence-electron chi connectivity index (χ3n) is 5.05. The molecule has 5 nitrogen and oxygen atoms in total. The first-order valence-electron chi connectivity index (χ1n) is 8.25. The lowest BCUT2D eigenvalue weighted by molar-refractivity contribution is -0.131. The second-order valence-electron chi connectivity index (χ2n) is 6.50. The van der Waals surface area contributed by atoms with Crippen molar-refractivity contribution in [2.24, 2.45) is 11.8 Å². The van der Waals surface area contributed by atoms with Crippen LogP contribution in [0, 0.1) is 11.8 Å². The van der Waals surface area contributed by atoms with Crippen molar-refractivity contribution in [3.05, 3.63) is 49.1 Å². The van der Waals surface area contributed by atoms with Gasteiger partial charge in [-0.05, 0) is 30.9 Å². The molecular weight excluding hydrogens is 290 g/mol. The monoisotopic (exact) mass is 311 g/mol. The molecule has 2 aromatic rings. The summed E-state index contributed by atoms with van der Waals surface area (Å²) in [6, 6.07) is 10.00. The molecule has 2 heterocycles. The van der Waals surface area contributed by atoms with Crippen LogP contribution in [-0.2, 0) is 11.3 Å². The molecule has 5 heteroatoms. The SMILES string of the molecule is O=C(Cn1ccnc1)N1C[C@@H]2CC[C@H](Oc3ccccc3)[C@@H]2C1. The van der Waals surface area contributed by atoms with Gasteiger partial charge in [0.15, 0.2) is 0 Å². The molecule has 0 spiro atoms. The van der Waals surface area contributed by atoms with E-state index in [9.17, 15) is 4.79 Å². The van der Waals surface area contributed by atoms with E-state index in [4.69, 9.17) is 4.74 Å². The zero-order valence-electron chi connectivity index (χ0n) is 13.0. The quantitative estimate of drug-likeness (QED) is 0.869. The number of aromatic nitrogens is 2. The minimum atomic E-state index is 0.177. The van der Waals surface area contributed by atoms with Crippen molar-refractivity contribution in [2.45, 2.75) is 25.5 Å². The Morgan fingerprint density at radius 3 is 2.87 bits per heavy atom. The Bertz CT molecular complexity index is 656. The van der Waals surface area contributed by atoms with Gasteiger partial charge in [-0.2, -0.15) is 0 Å². The summed E-state index contributed by atoms with van der Waals surface area (Å²) in [4.78, 5) is 18.4. The van der Waals surface area contributed by atoms with Gasteiger partial charge in [-0.15, -0.1) is 0 Å². The maximum atomic E-state index is 12.4. The van der Waals surface area contributed by atoms with Gasteiger partial charge in [-0.1, -0.05) is 18.2 Å². The standard InChI is InChI=1S/C18H21N3O2/c22-18(12-20-9-8-19-13-20)21-10-14-6-7-17(16(14)11-21)23-15-4-2-1-3-5-15/h1-5,8-9,13-14,16-17H,6-7,10-12H2/t14-,16+,17-/m0/s1. The van der Waals surface area contributed by atoms with Crippen molar-refractivity contribution in [1.82, 2.24) is 14.5 Å². The highest BCUT2D eigenvalue weighted by Crippen LogP contribution is 2.40. The highest BCUT2D eigenvalue weighted by molar-refractivity contribution is 5.76. The summed E-state index contributed by atoms with van der Waals surface area (Å²) in [6.07, 6.45) is 7.70. The number of likely N-dealkylation sites (tertiary alicyclic amines) is 1. The number of hydrogen-bond acceptors (Lipinski definition) is 3. The lowest BCUT2D eigenvalue weighted by Gasteiger charge is -2.22. The number of amides is 1. The summed E-state index contributed by atoms with van der Waals surface area (Å²) in [6.45, 7) is 2.06. The molecule has 4 rings (SSSR count). The van der Waals surface area contributed by atoms with E-state index in [0.717, 1.165) is 31.7 Å². The molecule has 3 atom stereocenters. The molecule has 1 amide bonds. The average Bonchev–Trinajstić information content (AvgIpc) is 3.27. The molecule has 1 saturated heterocycles. The van der Waals surface area contributed by atoms with E-state index in [1.807, 2.05) is 46.0 Å². The fourth-order valence-electron chi connectivity index (χ4n) is 3.88. The van der Waals surface area contributed by atoms with E-state index < -0.39 is 0 Å². The van der Waals surface area contributed by atoms with Gasteiger partial charge in [0, 0.05) is 31.4 Å². The maximum Gasteiger partial charge on any atom is 0.242 e. The van der Waals surface area contributed by atoms with Crippen LogP contribution in [0.5, 0.6) is 5.75 Å². The highest BCUT2D eigenvalue weighted by Gasteiger charge is 2.45. The lowest BCUT2D eigenvalue weighted by atomic mass is 9.99. The molecule has 2 aliphatic rings. The first kappa shape index (κ1) is 14.3. The molecule has 0 radical (unpaired) electrons. The number of fused-ring (bicyclic) bond motifs is 1. The van der Waals surface area contributed by atoms with Crippen LogP contribution in [-0.4, -0.2) is 39.6 Å².